The van der Waals surface area contributed by atoms with Gasteiger partial charge in [0.2, 0.25) is 0 Å². The lowest BCUT2D eigenvalue weighted by Crippen LogP contribution is -2.23. The predicted molar refractivity (Wildman–Crippen MR) is 142 cm³/mol. The Morgan fingerprint density at radius 1 is 0.972 bits per heavy atom. The number of rotatable bonds is 8. The fourth-order valence-electron chi connectivity index (χ4n) is 3.64. The standard InChI is InChI=1S/C27H21BrClN5O2/c28-21-11-12-25(23(29)15-21)36-18-33-14-13-24(31-33)27(35)30-16-20-17-34(22-9-5-2-6-10-22)32-26(20)19-7-3-1-4-8-19/h1-15,17H,16,18H2,(H,30,35). The minimum atomic E-state index is -0.290. The average molecular weight is 563 g/mol. The molecule has 0 aliphatic carbocycles. The topological polar surface area (TPSA) is 74.0 Å². The van der Waals surface area contributed by atoms with Crippen molar-refractivity contribution in [2.24, 2.45) is 0 Å². The smallest absolute Gasteiger partial charge is 0.272 e. The Hall–Kier alpha value is -3.88. The van der Waals surface area contributed by atoms with Gasteiger partial charge < -0.3 is 10.1 Å². The fourth-order valence-corrected chi connectivity index (χ4v) is 4.37. The SMILES string of the molecule is O=C(NCc1cn(-c2ccccc2)nc1-c1ccccc1)c1ccn(COc2ccc(Br)cc2Cl)n1. The molecule has 0 saturated heterocycles. The van der Waals surface area contributed by atoms with Crippen LogP contribution in [-0.2, 0) is 13.3 Å². The van der Waals surface area contributed by atoms with Crippen LogP contribution in [0.5, 0.6) is 5.75 Å². The van der Waals surface area contributed by atoms with Gasteiger partial charge in [0.1, 0.15) is 11.4 Å². The molecular weight excluding hydrogens is 542 g/mol. The zero-order valence-corrected chi connectivity index (χ0v) is 21.4. The largest absolute Gasteiger partial charge is 0.470 e. The Balaban J connectivity index is 1.28. The third-order valence-corrected chi connectivity index (χ3v) is 6.21. The Kier molecular flexibility index (Phi) is 7.16. The van der Waals surface area contributed by atoms with Crippen molar-refractivity contribution in [1.29, 1.82) is 0 Å². The normalized spacial score (nSPS) is 10.8. The van der Waals surface area contributed by atoms with E-state index in [2.05, 4.69) is 26.3 Å². The van der Waals surface area contributed by atoms with Crippen molar-refractivity contribution in [3.63, 3.8) is 0 Å². The first-order chi connectivity index (χ1) is 17.6. The molecule has 180 valence electrons. The van der Waals surface area contributed by atoms with E-state index >= 15 is 0 Å². The van der Waals surface area contributed by atoms with Gasteiger partial charge in [0, 0.05) is 34.5 Å². The van der Waals surface area contributed by atoms with Crippen LogP contribution in [0.3, 0.4) is 0 Å². The van der Waals surface area contributed by atoms with Crippen LogP contribution in [0.2, 0.25) is 5.02 Å². The number of carbonyl (C=O) groups excluding carboxylic acids is 1. The summed E-state index contributed by atoms with van der Waals surface area (Å²) in [4.78, 5) is 12.8. The van der Waals surface area contributed by atoms with E-state index in [1.54, 1.807) is 24.4 Å². The summed E-state index contributed by atoms with van der Waals surface area (Å²) in [6.07, 6.45) is 3.62. The van der Waals surface area contributed by atoms with Gasteiger partial charge in [-0.05, 0) is 36.4 Å². The van der Waals surface area contributed by atoms with Gasteiger partial charge in [-0.2, -0.15) is 10.2 Å². The minimum Gasteiger partial charge on any atom is -0.470 e. The molecule has 9 heteroatoms. The van der Waals surface area contributed by atoms with Crippen LogP contribution < -0.4 is 10.1 Å². The first-order valence-corrected chi connectivity index (χ1v) is 12.3. The number of para-hydroxylation sites is 1. The van der Waals surface area contributed by atoms with Crippen molar-refractivity contribution in [3.05, 3.63) is 118 Å². The van der Waals surface area contributed by atoms with Gasteiger partial charge >= 0.3 is 0 Å². The van der Waals surface area contributed by atoms with Gasteiger partial charge in [-0.25, -0.2) is 9.36 Å². The fraction of sp³-hybridized carbons (Fsp3) is 0.0741. The molecule has 1 N–H and O–H groups in total. The summed E-state index contributed by atoms with van der Waals surface area (Å²) < 4.78 is 9.94. The Morgan fingerprint density at radius 3 is 2.47 bits per heavy atom. The van der Waals surface area contributed by atoms with Crippen molar-refractivity contribution in [2.75, 3.05) is 0 Å². The van der Waals surface area contributed by atoms with E-state index in [9.17, 15) is 4.79 Å². The Bertz CT molecular complexity index is 1480. The van der Waals surface area contributed by atoms with Crippen molar-refractivity contribution in [1.82, 2.24) is 24.9 Å². The highest BCUT2D eigenvalue weighted by atomic mass is 79.9. The number of aromatic nitrogens is 4. The van der Waals surface area contributed by atoms with E-state index < -0.39 is 0 Å². The molecular formula is C27H21BrClN5O2. The molecule has 5 rings (SSSR count). The van der Waals surface area contributed by atoms with Crippen LogP contribution in [0.4, 0.5) is 0 Å². The molecule has 0 aliphatic rings. The van der Waals surface area contributed by atoms with Crippen molar-refractivity contribution >= 4 is 33.4 Å². The van der Waals surface area contributed by atoms with Gasteiger partial charge in [-0.3, -0.25) is 4.79 Å². The Morgan fingerprint density at radius 2 is 1.72 bits per heavy atom. The summed E-state index contributed by atoms with van der Waals surface area (Å²) in [5, 5.41) is 12.6. The highest BCUT2D eigenvalue weighted by Gasteiger charge is 2.15. The van der Waals surface area contributed by atoms with Crippen LogP contribution >= 0.6 is 27.5 Å². The van der Waals surface area contributed by atoms with Gasteiger partial charge in [0.05, 0.1) is 16.4 Å². The van der Waals surface area contributed by atoms with E-state index in [4.69, 9.17) is 21.4 Å². The maximum absolute atomic E-state index is 12.8. The molecule has 7 nitrogen and oxygen atoms in total. The Labute approximate surface area is 221 Å². The number of nitrogens with one attached hydrogen (secondary N) is 1. The number of carbonyl (C=O) groups is 1. The summed E-state index contributed by atoms with van der Waals surface area (Å²) in [5.41, 5.74) is 3.91. The van der Waals surface area contributed by atoms with Crippen LogP contribution in [0.25, 0.3) is 16.9 Å². The maximum atomic E-state index is 12.8. The van der Waals surface area contributed by atoms with Crippen LogP contribution in [0.15, 0.2) is 102 Å². The molecule has 0 unspecified atom stereocenters. The minimum absolute atomic E-state index is 0.122. The second-order valence-corrected chi connectivity index (χ2v) is 9.24. The number of hydrogen-bond acceptors (Lipinski definition) is 4. The molecule has 1 amide bonds. The second kappa shape index (κ2) is 10.8. The van der Waals surface area contributed by atoms with E-state index in [0.717, 1.165) is 27.0 Å². The van der Waals surface area contributed by atoms with Gasteiger partial charge in [0.15, 0.2) is 6.73 Å². The molecule has 0 bridgehead atoms. The first-order valence-electron chi connectivity index (χ1n) is 11.2. The van der Waals surface area contributed by atoms with E-state index in [1.807, 2.05) is 77.6 Å². The molecule has 5 aromatic rings. The summed E-state index contributed by atoms with van der Waals surface area (Å²) in [6.45, 7) is 0.421. The quantitative estimate of drug-likeness (QED) is 0.247. The molecule has 0 radical (unpaired) electrons. The highest BCUT2D eigenvalue weighted by Crippen LogP contribution is 2.28. The van der Waals surface area contributed by atoms with Crippen LogP contribution in [-0.4, -0.2) is 25.5 Å². The summed E-state index contributed by atoms with van der Waals surface area (Å²) >= 11 is 9.56. The molecule has 0 fully saturated rings. The lowest BCUT2D eigenvalue weighted by Gasteiger charge is -2.08. The lowest BCUT2D eigenvalue weighted by atomic mass is 10.1. The molecule has 0 spiro atoms. The number of benzene rings is 3. The van der Waals surface area contributed by atoms with E-state index in [0.29, 0.717) is 17.3 Å². The van der Waals surface area contributed by atoms with Crippen molar-refractivity contribution < 1.29 is 9.53 Å². The van der Waals surface area contributed by atoms with Gasteiger partial charge in [-0.1, -0.05) is 76.1 Å². The van der Waals surface area contributed by atoms with Crippen molar-refractivity contribution in [2.45, 2.75) is 13.3 Å². The second-order valence-electron chi connectivity index (χ2n) is 7.92. The number of halogens is 2. The zero-order valence-electron chi connectivity index (χ0n) is 19.0. The van der Waals surface area contributed by atoms with Gasteiger partial charge in [-0.15, -0.1) is 0 Å². The lowest BCUT2D eigenvalue weighted by molar-refractivity contribution is 0.0944. The average Bonchev–Trinajstić information content (AvgIpc) is 3.56. The predicted octanol–water partition coefficient (Wildman–Crippen LogP) is 6.12. The monoisotopic (exact) mass is 561 g/mol. The molecule has 2 aromatic heterocycles. The summed E-state index contributed by atoms with van der Waals surface area (Å²) in [5.74, 6) is 0.243. The van der Waals surface area contributed by atoms with Crippen LogP contribution in [0.1, 0.15) is 16.1 Å². The molecule has 2 heterocycles. The molecule has 36 heavy (non-hydrogen) atoms. The third-order valence-electron chi connectivity index (χ3n) is 5.42. The number of hydrogen-bond donors (Lipinski definition) is 1. The van der Waals surface area contributed by atoms with Gasteiger partial charge in [0.25, 0.3) is 5.91 Å². The molecule has 0 atom stereocenters. The highest BCUT2D eigenvalue weighted by molar-refractivity contribution is 9.10. The van der Waals surface area contributed by atoms with Crippen molar-refractivity contribution in [3.8, 4) is 22.7 Å². The van der Waals surface area contributed by atoms with Crippen LogP contribution in [0, 0.1) is 0 Å². The van der Waals surface area contributed by atoms with E-state index in [-0.39, 0.29) is 18.3 Å². The molecule has 3 aromatic carbocycles. The molecule has 0 aliphatic heterocycles. The third kappa shape index (κ3) is 5.50. The number of nitrogens with zero attached hydrogens (tertiary/aromatic N) is 4. The summed E-state index contributed by atoms with van der Waals surface area (Å²) in [6, 6.07) is 26.8. The number of amides is 1. The van der Waals surface area contributed by atoms with E-state index in [1.165, 1.54) is 4.68 Å². The molecule has 0 saturated carbocycles. The number of ether oxygens (including phenoxy) is 1. The zero-order chi connectivity index (χ0) is 24.9. The summed E-state index contributed by atoms with van der Waals surface area (Å²) in [7, 11) is 0. The first kappa shape index (κ1) is 23.8. The maximum Gasteiger partial charge on any atom is 0.272 e.